The summed E-state index contributed by atoms with van der Waals surface area (Å²) in [4.78, 5) is 15.0. The van der Waals surface area contributed by atoms with Gasteiger partial charge in [-0.3, -0.25) is 4.79 Å². The number of carbonyl (C=O) groups excluding carboxylic acids is 1. The molecule has 0 aromatic heterocycles. The van der Waals surface area contributed by atoms with Crippen LogP contribution in [0.5, 0.6) is 5.75 Å². The van der Waals surface area contributed by atoms with Crippen molar-refractivity contribution in [1.29, 1.82) is 0 Å². The molecule has 0 radical (unpaired) electrons. The maximum Gasteiger partial charge on any atom is 0.166 e. The number of benzene rings is 2. The van der Waals surface area contributed by atoms with Crippen molar-refractivity contribution >= 4 is 18.2 Å². The van der Waals surface area contributed by atoms with Crippen molar-refractivity contribution in [3.8, 4) is 5.75 Å². The van der Waals surface area contributed by atoms with Gasteiger partial charge in [0.2, 0.25) is 0 Å². The molecular formula is C26H37ClFNO3. The van der Waals surface area contributed by atoms with E-state index in [0.29, 0.717) is 30.7 Å². The van der Waals surface area contributed by atoms with Crippen LogP contribution in [0.3, 0.4) is 0 Å². The van der Waals surface area contributed by atoms with E-state index in [4.69, 9.17) is 4.74 Å². The second-order valence-corrected chi connectivity index (χ2v) is 8.02. The maximum absolute atomic E-state index is 13.0. The molecule has 4 nitrogen and oxygen atoms in total. The average Bonchev–Trinajstić information content (AvgIpc) is 2.79. The minimum atomic E-state index is -0.615. The molecule has 1 atom stereocenters. The SMILES string of the molecule is CCCCN(CCCC)CC(O)COc1ccccc1C(=O)CCc1ccc(F)cc1.Cl. The molecule has 1 N–H and O–H groups in total. The van der Waals surface area contributed by atoms with Gasteiger partial charge in [0.15, 0.2) is 5.78 Å². The number of ether oxygens (including phenoxy) is 1. The van der Waals surface area contributed by atoms with Crippen LogP contribution in [-0.4, -0.2) is 48.1 Å². The summed E-state index contributed by atoms with van der Waals surface area (Å²) >= 11 is 0. The number of aliphatic hydroxyl groups excluding tert-OH is 1. The predicted molar refractivity (Wildman–Crippen MR) is 130 cm³/mol. The lowest BCUT2D eigenvalue weighted by Gasteiger charge is -2.25. The third-order valence-electron chi connectivity index (χ3n) is 5.30. The second kappa shape index (κ2) is 15.8. The number of hydrogen-bond acceptors (Lipinski definition) is 4. The van der Waals surface area contributed by atoms with Crippen LogP contribution in [-0.2, 0) is 6.42 Å². The van der Waals surface area contributed by atoms with Crippen LogP contribution in [0.1, 0.15) is 61.9 Å². The molecule has 178 valence electrons. The molecule has 0 amide bonds. The van der Waals surface area contributed by atoms with Gasteiger partial charge < -0.3 is 14.7 Å². The van der Waals surface area contributed by atoms with E-state index in [2.05, 4.69) is 18.7 Å². The van der Waals surface area contributed by atoms with E-state index in [1.807, 2.05) is 12.1 Å². The van der Waals surface area contributed by atoms with Gasteiger partial charge in [-0.2, -0.15) is 0 Å². The summed E-state index contributed by atoms with van der Waals surface area (Å²) in [6.45, 7) is 7.01. The zero-order valence-electron chi connectivity index (χ0n) is 19.3. The highest BCUT2D eigenvalue weighted by Gasteiger charge is 2.16. The summed E-state index contributed by atoms with van der Waals surface area (Å²) in [5.74, 6) is 0.191. The van der Waals surface area contributed by atoms with Gasteiger partial charge in [-0.1, -0.05) is 51.0 Å². The molecule has 0 aliphatic heterocycles. The Balaban J connectivity index is 0.00000512. The molecule has 2 rings (SSSR count). The van der Waals surface area contributed by atoms with E-state index in [-0.39, 0.29) is 30.6 Å². The zero-order chi connectivity index (χ0) is 22.5. The predicted octanol–water partition coefficient (Wildman–Crippen LogP) is 5.70. The number of hydrogen-bond donors (Lipinski definition) is 1. The van der Waals surface area contributed by atoms with Crippen molar-refractivity contribution in [2.24, 2.45) is 0 Å². The number of para-hydroxylation sites is 1. The van der Waals surface area contributed by atoms with E-state index in [9.17, 15) is 14.3 Å². The van der Waals surface area contributed by atoms with Crippen molar-refractivity contribution in [2.75, 3.05) is 26.2 Å². The van der Waals surface area contributed by atoms with E-state index in [0.717, 1.165) is 44.3 Å². The van der Waals surface area contributed by atoms with Crippen LogP contribution in [0, 0.1) is 5.82 Å². The average molecular weight is 466 g/mol. The van der Waals surface area contributed by atoms with Gasteiger partial charge in [0, 0.05) is 13.0 Å². The number of ketones is 1. The Morgan fingerprint density at radius 3 is 2.28 bits per heavy atom. The van der Waals surface area contributed by atoms with E-state index < -0.39 is 6.10 Å². The summed E-state index contributed by atoms with van der Waals surface area (Å²) in [6, 6.07) is 13.4. The number of rotatable bonds is 15. The normalized spacial score (nSPS) is 11.8. The van der Waals surface area contributed by atoms with Crippen molar-refractivity contribution in [2.45, 2.75) is 58.5 Å². The number of Topliss-reactive ketones (excluding diaryl/α,β-unsaturated/α-hetero) is 1. The quantitative estimate of drug-likeness (QED) is 0.342. The minimum absolute atomic E-state index is 0. The number of aliphatic hydroxyl groups is 1. The number of nitrogens with zero attached hydrogens (tertiary/aromatic N) is 1. The van der Waals surface area contributed by atoms with Gasteiger partial charge in [0.05, 0.1) is 5.56 Å². The molecule has 1 unspecified atom stereocenters. The third-order valence-corrected chi connectivity index (χ3v) is 5.30. The lowest BCUT2D eigenvalue weighted by molar-refractivity contribution is 0.0663. The van der Waals surface area contributed by atoms with Crippen LogP contribution >= 0.6 is 12.4 Å². The number of unbranched alkanes of at least 4 members (excludes halogenated alkanes) is 2. The topological polar surface area (TPSA) is 49.8 Å². The summed E-state index contributed by atoms with van der Waals surface area (Å²) in [7, 11) is 0. The van der Waals surface area contributed by atoms with Crippen LogP contribution in [0.2, 0.25) is 0 Å². The Labute approximate surface area is 198 Å². The van der Waals surface area contributed by atoms with Crippen molar-refractivity contribution in [1.82, 2.24) is 4.90 Å². The van der Waals surface area contributed by atoms with E-state index in [1.165, 1.54) is 12.1 Å². The molecule has 0 fully saturated rings. The fraction of sp³-hybridized carbons (Fsp3) is 0.500. The molecule has 0 spiro atoms. The highest BCUT2D eigenvalue weighted by Crippen LogP contribution is 2.21. The largest absolute Gasteiger partial charge is 0.490 e. The summed E-state index contributed by atoms with van der Waals surface area (Å²) in [6.07, 6.45) is 4.73. The molecule has 0 bridgehead atoms. The molecule has 32 heavy (non-hydrogen) atoms. The standard InChI is InChI=1S/C26H36FNO3.ClH/c1-3-5-17-28(18-6-4-2)19-23(29)20-31-26-10-8-7-9-24(26)25(30)16-13-21-11-14-22(27)15-12-21;/h7-12,14-15,23,29H,3-6,13,16-20H2,1-2H3;1H. The first-order valence-electron chi connectivity index (χ1n) is 11.4. The van der Waals surface area contributed by atoms with Gasteiger partial charge >= 0.3 is 0 Å². The van der Waals surface area contributed by atoms with E-state index >= 15 is 0 Å². The van der Waals surface area contributed by atoms with Gasteiger partial charge in [-0.05, 0) is 62.2 Å². The first-order valence-corrected chi connectivity index (χ1v) is 11.4. The highest BCUT2D eigenvalue weighted by molar-refractivity contribution is 5.98. The Morgan fingerprint density at radius 2 is 1.66 bits per heavy atom. The molecule has 2 aromatic carbocycles. The smallest absolute Gasteiger partial charge is 0.166 e. The summed E-state index contributed by atoms with van der Waals surface area (Å²) in [5.41, 5.74) is 1.44. The first-order chi connectivity index (χ1) is 15.0. The Morgan fingerprint density at radius 1 is 1.03 bits per heavy atom. The third kappa shape index (κ3) is 10.1. The molecule has 0 saturated carbocycles. The second-order valence-electron chi connectivity index (χ2n) is 8.02. The highest BCUT2D eigenvalue weighted by atomic mass is 35.5. The lowest BCUT2D eigenvalue weighted by Crippen LogP contribution is -2.37. The summed E-state index contributed by atoms with van der Waals surface area (Å²) in [5, 5.41) is 10.5. The van der Waals surface area contributed by atoms with Crippen molar-refractivity contribution < 1.29 is 19.0 Å². The molecule has 6 heteroatoms. The van der Waals surface area contributed by atoms with Crippen molar-refractivity contribution in [3.05, 3.63) is 65.5 Å². The van der Waals surface area contributed by atoms with Gasteiger partial charge in [-0.25, -0.2) is 4.39 Å². The number of aryl methyl sites for hydroxylation is 1. The molecule has 0 aliphatic carbocycles. The molecular weight excluding hydrogens is 429 g/mol. The van der Waals surface area contributed by atoms with Gasteiger partial charge in [0.25, 0.3) is 0 Å². The maximum atomic E-state index is 13.0. The first kappa shape index (κ1) is 28.1. The Bertz CT molecular complexity index is 777. The number of carbonyl (C=O) groups is 1. The summed E-state index contributed by atoms with van der Waals surface area (Å²) < 4.78 is 18.9. The van der Waals surface area contributed by atoms with E-state index in [1.54, 1.807) is 24.3 Å². The number of halogens is 2. The molecule has 0 aliphatic rings. The Kier molecular flexibility index (Phi) is 13.9. The fourth-order valence-corrected chi connectivity index (χ4v) is 3.46. The van der Waals surface area contributed by atoms with Crippen LogP contribution in [0.25, 0.3) is 0 Å². The monoisotopic (exact) mass is 465 g/mol. The van der Waals surface area contributed by atoms with Crippen LogP contribution in [0.4, 0.5) is 4.39 Å². The lowest BCUT2D eigenvalue weighted by atomic mass is 10.0. The van der Waals surface area contributed by atoms with Crippen molar-refractivity contribution in [3.63, 3.8) is 0 Å². The van der Waals surface area contributed by atoms with Crippen LogP contribution < -0.4 is 4.74 Å². The van der Waals surface area contributed by atoms with Gasteiger partial charge in [0.1, 0.15) is 24.3 Å². The Hall–Kier alpha value is -1.95. The van der Waals surface area contributed by atoms with Gasteiger partial charge in [-0.15, -0.1) is 12.4 Å². The van der Waals surface area contributed by atoms with Crippen LogP contribution in [0.15, 0.2) is 48.5 Å². The minimum Gasteiger partial charge on any atom is -0.490 e. The molecule has 0 saturated heterocycles. The zero-order valence-corrected chi connectivity index (χ0v) is 20.1. The molecule has 2 aromatic rings. The fourth-order valence-electron chi connectivity index (χ4n) is 3.46. The molecule has 0 heterocycles.